The largest absolute Gasteiger partial charge is 0.488 e. The average Bonchev–Trinajstić information content (AvgIpc) is 2.64. The fraction of sp³-hybridized carbons (Fsp3) is 0.0455. The van der Waals surface area contributed by atoms with Crippen LogP contribution in [0.25, 0.3) is 5.57 Å². The summed E-state index contributed by atoms with van der Waals surface area (Å²) in [5.74, 6) is 0. The molecule has 0 aliphatic rings. The molecule has 0 aromatic heterocycles. The van der Waals surface area contributed by atoms with Crippen molar-refractivity contribution < 1.29 is 4.74 Å². The van der Waals surface area contributed by atoms with Crippen molar-refractivity contribution in [3.63, 3.8) is 0 Å². The first-order chi connectivity index (χ1) is 11.4. The summed E-state index contributed by atoms with van der Waals surface area (Å²) in [5, 5.41) is 0. The number of hydrogen-bond donors (Lipinski definition) is 0. The van der Waals surface area contributed by atoms with Crippen LogP contribution in [0.5, 0.6) is 0 Å². The predicted octanol–water partition coefficient (Wildman–Crippen LogP) is 5.45. The monoisotopic (exact) mass is 298 g/mol. The van der Waals surface area contributed by atoms with E-state index in [4.69, 9.17) is 4.74 Å². The van der Waals surface area contributed by atoms with E-state index in [1.165, 1.54) is 0 Å². The van der Waals surface area contributed by atoms with E-state index in [0.717, 1.165) is 22.3 Å². The van der Waals surface area contributed by atoms with Gasteiger partial charge in [-0.3, -0.25) is 0 Å². The molecule has 1 nitrogen and oxygen atoms in total. The third-order valence-electron chi connectivity index (χ3n) is 3.50. The van der Waals surface area contributed by atoms with Gasteiger partial charge in [0, 0.05) is 5.57 Å². The third kappa shape index (κ3) is 4.23. The smallest absolute Gasteiger partial charge is 0.126 e. The maximum absolute atomic E-state index is 5.64. The van der Waals surface area contributed by atoms with Crippen LogP contribution >= 0.6 is 0 Å². The van der Waals surface area contributed by atoms with Gasteiger partial charge in [-0.25, -0.2) is 0 Å². The van der Waals surface area contributed by atoms with Gasteiger partial charge < -0.3 is 4.74 Å². The Labute approximate surface area is 137 Å². The fourth-order valence-electron chi connectivity index (χ4n) is 2.36. The molecule has 0 saturated heterocycles. The summed E-state index contributed by atoms with van der Waals surface area (Å²) in [6.07, 6.45) is 1.66. The van der Waals surface area contributed by atoms with E-state index in [0.29, 0.717) is 6.61 Å². The molecule has 0 heterocycles. The first-order valence-corrected chi connectivity index (χ1v) is 7.65. The first-order valence-electron chi connectivity index (χ1n) is 7.65. The molecular formula is C22H18O. The molecule has 3 aromatic carbocycles. The summed E-state index contributed by atoms with van der Waals surface area (Å²) >= 11 is 0. The van der Waals surface area contributed by atoms with Gasteiger partial charge in [0.1, 0.15) is 12.9 Å². The SMILES string of the molecule is C(=COCc1ccccc1)=C(c1ccccc1)c1ccccc1. The Morgan fingerprint density at radius 1 is 0.696 bits per heavy atom. The van der Waals surface area contributed by atoms with Crippen molar-refractivity contribution in [1.82, 2.24) is 0 Å². The highest BCUT2D eigenvalue weighted by Gasteiger charge is 2.02. The van der Waals surface area contributed by atoms with Gasteiger partial charge in [0.15, 0.2) is 0 Å². The van der Waals surface area contributed by atoms with Crippen molar-refractivity contribution in [2.75, 3.05) is 0 Å². The number of rotatable bonds is 5. The molecule has 112 valence electrons. The molecule has 0 N–H and O–H groups in total. The zero-order valence-electron chi connectivity index (χ0n) is 12.9. The molecule has 0 radical (unpaired) electrons. The van der Waals surface area contributed by atoms with E-state index >= 15 is 0 Å². The summed E-state index contributed by atoms with van der Waals surface area (Å²) in [6, 6.07) is 30.6. The molecule has 0 fully saturated rings. The lowest BCUT2D eigenvalue weighted by Crippen LogP contribution is -1.87. The summed E-state index contributed by atoms with van der Waals surface area (Å²) in [6.45, 7) is 0.546. The van der Waals surface area contributed by atoms with E-state index in [2.05, 4.69) is 30.0 Å². The van der Waals surface area contributed by atoms with Crippen LogP contribution in [-0.4, -0.2) is 0 Å². The van der Waals surface area contributed by atoms with E-state index < -0.39 is 0 Å². The zero-order valence-corrected chi connectivity index (χ0v) is 12.9. The molecular weight excluding hydrogens is 280 g/mol. The van der Waals surface area contributed by atoms with Crippen molar-refractivity contribution in [2.45, 2.75) is 6.61 Å². The van der Waals surface area contributed by atoms with E-state index in [1.54, 1.807) is 6.26 Å². The Hall–Kier alpha value is -3.02. The molecule has 0 spiro atoms. The highest BCUT2D eigenvalue weighted by atomic mass is 16.5. The lowest BCUT2D eigenvalue weighted by Gasteiger charge is -2.05. The standard InChI is InChI=1S/C22H18O/c1-4-10-19(11-5-1)18-23-17-16-22(20-12-6-2-7-13-20)21-14-8-3-9-15-21/h1-15,17H,18H2. The molecule has 0 saturated carbocycles. The van der Waals surface area contributed by atoms with Crippen molar-refractivity contribution in [3.05, 3.63) is 120 Å². The second kappa shape index (κ2) is 7.84. The van der Waals surface area contributed by atoms with Crippen molar-refractivity contribution in [3.8, 4) is 0 Å². The second-order valence-electron chi connectivity index (χ2n) is 5.17. The molecule has 3 aromatic rings. The number of ether oxygens (including phenoxy) is 1. The topological polar surface area (TPSA) is 9.23 Å². The normalized spacial score (nSPS) is 9.74. The molecule has 0 amide bonds. The van der Waals surface area contributed by atoms with Gasteiger partial charge >= 0.3 is 0 Å². The first kappa shape index (κ1) is 14.9. The molecule has 1 heteroatoms. The summed E-state index contributed by atoms with van der Waals surface area (Å²) in [4.78, 5) is 0. The van der Waals surface area contributed by atoms with Crippen molar-refractivity contribution >= 4 is 5.57 Å². The van der Waals surface area contributed by atoms with Crippen LogP contribution in [0.3, 0.4) is 0 Å². The zero-order chi connectivity index (χ0) is 15.7. The maximum Gasteiger partial charge on any atom is 0.126 e. The minimum Gasteiger partial charge on any atom is -0.488 e. The Balaban J connectivity index is 1.85. The van der Waals surface area contributed by atoms with E-state index in [-0.39, 0.29) is 0 Å². The van der Waals surface area contributed by atoms with Crippen LogP contribution in [0.2, 0.25) is 0 Å². The summed E-state index contributed by atoms with van der Waals surface area (Å²) in [7, 11) is 0. The van der Waals surface area contributed by atoms with Crippen LogP contribution in [-0.2, 0) is 11.3 Å². The Bertz CT molecular complexity index is 742. The highest BCUT2D eigenvalue weighted by Crippen LogP contribution is 2.21. The van der Waals surface area contributed by atoms with Crippen LogP contribution in [0, 0.1) is 0 Å². The quantitative estimate of drug-likeness (QED) is 0.449. The fourth-order valence-corrected chi connectivity index (χ4v) is 2.36. The molecule has 0 aliphatic heterocycles. The van der Waals surface area contributed by atoms with Gasteiger partial charge in [0.2, 0.25) is 0 Å². The Morgan fingerprint density at radius 2 is 1.17 bits per heavy atom. The van der Waals surface area contributed by atoms with Gasteiger partial charge in [-0.1, -0.05) is 96.7 Å². The lowest BCUT2D eigenvalue weighted by molar-refractivity contribution is 0.237. The van der Waals surface area contributed by atoms with Crippen LogP contribution in [0.4, 0.5) is 0 Å². The maximum atomic E-state index is 5.64. The van der Waals surface area contributed by atoms with Gasteiger partial charge in [0.05, 0.1) is 0 Å². The van der Waals surface area contributed by atoms with E-state index in [1.807, 2.05) is 66.7 Å². The van der Waals surface area contributed by atoms with Crippen molar-refractivity contribution in [1.29, 1.82) is 0 Å². The van der Waals surface area contributed by atoms with Crippen LogP contribution < -0.4 is 0 Å². The van der Waals surface area contributed by atoms with Crippen molar-refractivity contribution in [2.24, 2.45) is 0 Å². The molecule has 0 aliphatic carbocycles. The highest BCUT2D eigenvalue weighted by molar-refractivity contribution is 5.79. The summed E-state index contributed by atoms with van der Waals surface area (Å²) < 4.78 is 5.64. The van der Waals surface area contributed by atoms with Gasteiger partial charge in [-0.05, 0) is 16.7 Å². The van der Waals surface area contributed by atoms with Gasteiger partial charge in [-0.2, -0.15) is 0 Å². The van der Waals surface area contributed by atoms with Crippen LogP contribution in [0.1, 0.15) is 16.7 Å². The second-order valence-corrected chi connectivity index (χ2v) is 5.17. The molecule has 23 heavy (non-hydrogen) atoms. The third-order valence-corrected chi connectivity index (χ3v) is 3.50. The Kier molecular flexibility index (Phi) is 5.08. The van der Waals surface area contributed by atoms with Gasteiger partial charge in [0.25, 0.3) is 0 Å². The number of benzene rings is 3. The molecule has 0 atom stereocenters. The lowest BCUT2D eigenvalue weighted by atomic mass is 9.99. The number of hydrogen-bond acceptors (Lipinski definition) is 1. The summed E-state index contributed by atoms with van der Waals surface area (Å²) in [5.41, 5.74) is 7.71. The Morgan fingerprint density at radius 3 is 1.70 bits per heavy atom. The molecule has 0 bridgehead atoms. The van der Waals surface area contributed by atoms with Crippen LogP contribution in [0.15, 0.2) is 103 Å². The predicted molar refractivity (Wildman–Crippen MR) is 94.7 cm³/mol. The average molecular weight is 298 g/mol. The molecule has 3 rings (SSSR count). The van der Waals surface area contributed by atoms with Gasteiger partial charge in [-0.15, -0.1) is 0 Å². The molecule has 0 unspecified atom stereocenters. The minimum atomic E-state index is 0.546. The van der Waals surface area contributed by atoms with E-state index in [9.17, 15) is 0 Å². The minimum absolute atomic E-state index is 0.546.